The molecule has 7 heteroatoms. The first kappa shape index (κ1) is 14.8. The molecule has 1 spiro atoms. The van der Waals surface area contributed by atoms with Gasteiger partial charge in [-0.2, -0.15) is 0 Å². The fraction of sp³-hybridized carbons (Fsp3) is 0.769. The summed E-state index contributed by atoms with van der Waals surface area (Å²) in [6.45, 7) is 5.84. The van der Waals surface area contributed by atoms with E-state index in [-0.39, 0.29) is 17.9 Å². The monoisotopic (exact) mass is 282 g/mol. The summed E-state index contributed by atoms with van der Waals surface area (Å²) in [5, 5.41) is 8.17. The van der Waals surface area contributed by atoms with E-state index in [0.717, 1.165) is 6.54 Å². The molecule has 20 heavy (non-hydrogen) atoms. The molecular weight excluding hydrogens is 260 g/mol. The highest BCUT2D eigenvalue weighted by Gasteiger charge is 2.48. The lowest BCUT2D eigenvalue weighted by Crippen LogP contribution is -2.56. The first-order chi connectivity index (χ1) is 9.47. The molecule has 2 fully saturated rings. The Balaban J connectivity index is 1.86. The molecule has 0 aromatic rings. The van der Waals surface area contributed by atoms with E-state index in [1.165, 1.54) is 0 Å². The molecule has 0 saturated carbocycles. The van der Waals surface area contributed by atoms with Gasteiger partial charge in [0.05, 0.1) is 0 Å². The van der Waals surface area contributed by atoms with Crippen LogP contribution < -0.4 is 16.0 Å². The van der Waals surface area contributed by atoms with Crippen LogP contribution in [0.5, 0.6) is 0 Å². The number of amides is 4. The Morgan fingerprint density at radius 3 is 2.55 bits per heavy atom. The number of imide groups is 1. The second-order valence-electron chi connectivity index (χ2n) is 5.53. The maximum absolute atomic E-state index is 12.1. The van der Waals surface area contributed by atoms with Crippen molar-refractivity contribution in [3.63, 3.8) is 0 Å². The molecule has 0 aromatic carbocycles. The van der Waals surface area contributed by atoms with Gasteiger partial charge in [0.25, 0.3) is 5.91 Å². The standard InChI is InChI=1S/C13H22N4O3/c1-3-14-9(2)8-10(18)17-6-4-13(5-7-17)11(19)15-12(20)16-13/h9,14H,3-8H2,1-2H3,(H2,15,16,19,20). The SMILES string of the molecule is CCNC(C)CC(=O)N1CCC2(CC1)NC(=O)NC2=O. The quantitative estimate of drug-likeness (QED) is 0.611. The Bertz CT molecular complexity index is 416. The summed E-state index contributed by atoms with van der Waals surface area (Å²) in [4.78, 5) is 36.9. The van der Waals surface area contributed by atoms with Crippen LogP contribution in [0.3, 0.4) is 0 Å². The van der Waals surface area contributed by atoms with Crippen molar-refractivity contribution in [1.82, 2.24) is 20.9 Å². The largest absolute Gasteiger partial charge is 0.342 e. The number of nitrogens with zero attached hydrogens (tertiary/aromatic N) is 1. The highest BCUT2D eigenvalue weighted by molar-refractivity contribution is 6.07. The molecular formula is C13H22N4O3. The van der Waals surface area contributed by atoms with Gasteiger partial charge in [0.15, 0.2) is 0 Å². The second-order valence-corrected chi connectivity index (χ2v) is 5.53. The molecule has 1 unspecified atom stereocenters. The molecule has 0 aliphatic carbocycles. The van der Waals surface area contributed by atoms with Crippen LogP contribution in [-0.4, -0.2) is 54.0 Å². The Morgan fingerprint density at radius 1 is 1.40 bits per heavy atom. The van der Waals surface area contributed by atoms with Crippen molar-refractivity contribution >= 4 is 17.8 Å². The summed E-state index contributed by atoms with van der Waals surface area (Å²) >= 11 is 0. The number of carbonyl (C=O) groups is 3. The van der Waals surface area contributed by atoms with Crippen molar-refractivity contribution in [3.8, 4) is 0 Å². The summed E-state index contributed by atoms with van der Waals surface area (Å²) in [7, 11) is 0. The van der Waals surface area contributed by atoms with Crippen molar-refractivity contribution in [1.29, 1.82) is 0 Å². The van der Waals surface area contributed by atoms with E-state index >= 15 is 0 Å². The maximum atomic E-state index is 12.1. The smallest absolute Gasteiger partial charge is 0.322 e. The number of hydrogen-bond acceptors (Lipinski definition) is 4. The van der Waals surface area contributed by atoms with Gasteiger partial charge in [0.1, 0.15) is 5.54 Å². The van der Waals surface area contributed by atoms with Gasteiger partial charge >= 0.3 is 6.03 Å². The minimum atomic E-state index is -0.804. The Labute approximate surface area is 118 Å². The lowest BCUT2D eigenvalue weighted by Gasteiger charge is -2.37. The minimum absolute atomic E-state index is 0.0954. The third kappa shape index (κ3) is 2.92. The molecule has 2 aliphatic rings. The average molecular weight is 282 g/mol. The maximum Gasteiger partial charge on any atom is 0.322 e. The van der Waals surface area contributed by atoms with Crippen LogP contribution in [-0.2, 0) is 9.59 Å². The van der Waals surface area contributed by atoms with Crippen LogP contribution in [0, 0.1) is 0 Å². The van der Waals surface area contributed by atoms with E-state index in [2.05, 4.69) is 16.0 Å². The Morgan fingerprint density at radius 2 is 2.05 bits per heavy atom. The summed E-state index contributed by atoms with van der Waals surface area (Å²) in [5.74, 6) is -0.173. The molecule has 2 heterocycles. The highest BCUT2D eigenvalue weighted by Crippen LogP contribution is 2.25. The summed E-state index contributed by atoms with van der Waals surface area (Å²) in [5.41, 5.74) is -0.804. The predicted octanol–water partition coefficient (Wildman–Crippen LogP) is -0.425. The molecule has 112 valence electrons. The molecule has 2 aliphatic heterocycles. The second kappa shape index (κ2) is 5.78. The molecule has 0 bridgehead atoms. The topological polar surface area (TPSA) is 90.5 Å². The number of likely N-dealkylation sites (tertiary alicyclic amines) is 1. The first-order valence-corrected chi connectivity index (χ1v) is 7.11. The van der Waals surface area contributed by atoms with Gasteiger partial charge in [-0.25, -0.2) is 4.79 Å². The van der Waals surface area contributed by atoms with E-state index in [1.807, 2.05) is 13.8 Å². The van der Waals surface area contributed by atoms with Crippen molar-refractivity contribution < 1.29 is 14.4 Å². The normalized spacial score (nSPS) is 22.6. The van der Waals surface area contributed by atoms with E-state index in [0.29, 0.717) is 32.4 Å². The molecule has 2 rings (SSSR count). The van der Waals surface area contributed by atoms with Crippen LogP contribution in [0.4, 0.5) is 4.79 Å². The summed E-state index contributed by atoms with van der Waals surface area (Å²) in [6, 6.07) is -0.284. The van der Waals surface area contributed by atoms with Crippen molar-refractivity contribution in [2.75, 3.05) is 19.6 Å². The van der Waals surface area contributed by atoms with Gasteiger partial charge < -0.3 is 15.5 Å². The van der Waals surface area contributed by atoms with Gasteiger partial charge in [-0.15, -0.1) is 0 Å². The third-order valence-electron chi connectivity index (χ3n) is 4.02. The Kier molecular flexibility index (Phi) is 4.27. The number of piperidine rings is 1. The van der Waals surface area contributed by atoms with E-state index in [4.69, 9.17) is 0 Å². The molecule has 0 radical (unpaired) electrons. The van der Waals surface area contributed by atoms with Crippen LogP contribution in [0.15, 0.2) is 0 Å². The van der Waals surface area contributed by atoms with Crippen molar-refractivity contribution in [2.24, 2.45) is 0 Å². The molecule has 3 N–H and O–H groups in total. The number of rotatable bonds is 4. The fourth-order valence-electron chi connectivity index (χ4n) is 2.83. The van der Waals surface area contributed by atoms with E-state index in [1.54, 1.807) is 4.90 Å². The highest BCUT2D eigenvalue weighted by atomic mass is 16.2. The molecule has 7 nitrogen and oxygen atoms in total. The number of urea groups is 1. The van der Waals surface area contributed by atoms with Gasteiger partial charge in [-0.1, -0.05) is 6.92 Å². The molecule has 4 amide bonds. The van der Waals surface area contributed by atoms with Gasteiger partial charge in [-0.05, 0) is 26.3 Å². The van der Waals surface area contributed by atoms with E-state index in [9.17, 15) is 14.4 Å². The summed E-state index contributed by atoms with van der Waals surface area (Å²) in [6.07, 6.45) is 1.41. The molecule has 1 atom stereocenters. The van der Waals surface area contributed by atoms with Gasteiger partial charge in [0.2, 0.25) is 5.91 Å². The number of hydrogen-bond donors (Lipinski definition) is 3. The minimum Gasteiger partial charge on any atom is -0.342 e. The van der Waals surface area contributed by atoms with E-state index < -0.39 is 11.6 Å². The third-order valence-corrected chi connectivity index (χ3v) is 4.02. The Hall–Kier alpha value is -1.63. The average Bonchev–Trinajstić information content (AvgIpc) is 2.65. The molecule has 0 aromatic heterocycles. The first-order valence-electron chi connectivity index (χ1n) is 7.11. The van der Waals surface area contributed by atoms with Crippen molar-refractivity contribution in [2.45, 2.75) is 44.7 Å². The van der Waals surface area contributed by atoms with Crippen LogP contribution in [0.1, 0.15) is 33.1 Å². The zero-order valence-electron chi connectivity index (χ0n) is 12.0. The number of carbonyl (C=O) groups excluding carboxylic acids is 3. The fourth-order valence-corrected chi connectivity index (χ4v) is 2.83. The van der Waals surface area contributed by atoms with Gasteiger partial charge in [-0.3, -0.25) is 14.9 Å². The lowest BCUT2D eigenvalue weighted by molar-refractivity contribution is -0.136. The zero-order chi connectivity index (χ0) is 14.8. The van der Waals surface area contributed by atoms with Crippen LogP contribution in [0.2, 0.25) is 0 Å². The zero-order valence-corrected chi connectivity index (χ0v) is 12.0. The van der Waals surface area contributed by atoms with Crippen LogP contribution >= 0.6 is 0 Å². The lowest BCUT2D eigenvalue weighted by atomic mass is 9.87. The van der Waals surface area contributed by atoms with Crippen LogP contribution in [0.25, 0.3) is 0 Å². The molecule has 2 saturated heterocycles. The predicted molar refractivity (Wildman–Crippen MR) is 73.0 cm³/mol. The number of nitrogens with one attached hydrogen (secondary N) is 3. The summed E-state index contributed by atoms with van der Waals surface area (Å²) < 4.78 is 0. The van der Waals surface area contributed by atoms with Crippen molar-refractivity contribution in [3.05, 3.63) is 0 Å². The van der Waals surface area contributed by atoms with Gasteiger partial charge in [0, 0.05) is 25.6 Å².